The van der Waals surface area contributed by atoms with Gasteiger partial charge in [-0.1, -0.05) is 169 Å². The summed E-state index contributed by atoms with van der Waals surface area (Å²) in [7, 11) is 6.83. The summed E-state index contributed by atoms with van der Waals surface area (Å²) in [4.78, 5) is 29.6. The molecule has 0 atom stereocenters. The zero-order valence-electron chi connectivity index (χ0n) is 37.2. The number of benzene rings is 4. The highest BCUT2D eigenvalue weighted by Gasteiger charge is 2.18. The van der Waals surface area contributed by atoms with E-state index in [2.05, 4.69) is 145 Å². The molecule has 0 bridgehead atoms. The normalized spacial score (nSPS) is 10.9. The molecule has 0 aliphatic carbocycles. The molecule has 57 heavy (non-hydrogen) atoms. The number of hydroxylamine groups is 3. The van der Waals surface area contributed by atoms with E-state index in [0.29, 0.717) is 29.2 Å². The van der Waals surface area contributed by atoms with Crippen molar-refractivity contribution < 1.29 is 14.5 Å². The highest BCUT2D eigenvalue weighted by Crippen LogP contribution is 2.36. The van der Waals surface area contributed by atoms with Crippen LogP contribution in [-0.2, 0) is 9.68 Å². The lowest BCUT2D eigenvalue weighted by molar-refractivity contribution is -0.0410. The summed E-state index contributed by atoms with van der Waals surface area (Å²) in [5, 5.41) is 4.84. The van der Waals surface area contributed by atoms with Gasteiger partial charge in [0.25, 0.3) is 5.91 Å². The molecule has 0 fully saturated rings. The maximum absolute atomic E-state index is 12.5. The van der Waals surface area contributed by atoms with Crippen molar-refractivity contribution in [1.29, 1.82) is 0 Å². The number of amidine groups is 1. The third-order valence-electron chi connectivity index (χ3n) is 9.36. The summed E-state index contributed by atoms with van der Waals surface area (Å²) in [6.07, 6.45) is 0. The Labute approximate surface area is 348 Å². The summed E-state index contributed by atoms with van der Waals surface area (Å²) < 4.78 is 0. The number of hydrogen-bond donors (Lipinski definition) is 2. The van der Waals surface area contributed by atoms with Crippen LogP contribution in [0.2, 0.25) is 0 Å². The van der Waals surface area contributed by atoms with E-state index in [1.165, 1.54) is 41.9 Å². The van der Waals surface area contributed by atoms with Crippen molar-refractivity contribution in [2.24, 2.45) is 4.99 Å². The molecule has 0 heterocycles. The lowest BCUT2D eigenvalue weighted by atomic mass is 9.92. The number of rotatable bonds is 13. The fourth-order valence-electron chi connectivity index (χ4n) is 5.88. The molecule has 4 rings (SSSR count). The molecule has 0 saturated carbocycles. The Morgan fingerprint density at radius 3 is 1.30 bits per heavy atom. The predicted octanol–water partition coefficient (Wildman–Crippen LogP) is 12.4. The Morgan fingerprint density at radius 1 is 0.614 bits per heavy atom. The lowest BCUT2D eigenvalue weighted by Crippen LogP contribution is -2.26. The van der Waals surface area contributed by atoms with E-state index in [1.54, 1.807) is 26.3 Å². The van der Waals surface area contributed by atoms with Gasteiger partial charge < -0.3 is 15.1 Å². The topological polar surface area (TPSA) is 78.4 Å². The number of amides is 1. The smallest absolute Gasteiger partial charge is 0.255 e. The van der Waals surface area contributed by atoms with Crippen LogP contribution in [0.15, 0.2) is 102 Å². The van der Waals surface area contributed by atoms with Gasteiger partial charge >= 0.3 is 0 Å². The summed E-state index contributed by atoms with van der Waals surface area (Å²) in [5.74, 6) is 2.32. The molecule has 0 aliphatic rings. The largest absolute Gasteiger partial charge is 0.321 e. The number of para-hydroxylation sites is 2. The number of aliphatic imine (C=N–C) groups is 1. The van der Waals surface area contributed by atoms with Crippen molar-refractivity contribution >= 4 is 23.1 Å². The highest BCUT2D eigenvalue weighted by molar-refractivity contribution is 6.05. The fourth-order valence-corrected chi connectivity index (χ4v) is 5.88. The van der Waals surface area contributed by atoms with Gasteiger partial charge in [-0.3, -0.25) is 9.63 Å². The van der Waals surface area contributed by atoms with Crippen LogP contribution in [0.1, 0.15) is 145 Å². The standard InChI is InChI=1S/C21H28N2O.C19H23NO.C6H15N.C2H7NO.CH4/c1-15(2)18-13-10-14-19(16(3)4)20(18)22-21(23(5)24-6)17-11-8-7-9-12-17;1-13(2)16-11-8-12-17(14(3)4)18(16)20-19(21)15-9-6-5-7-10-15;1-4-7(5-2)6-3;1-3-4-2;/h7-16H,1-6H3;5-14H,1-4H3,(H,20,21);4-6H2,1-3H3;3H,1-2H3;1H4. The minimum Gasteiger partial charge on any atom is -0.321 e. The number of carbonyl (C=O) groups is 1. The van der Waals surface area contributed by atoms with Gasteiger partial charge in [-0.25, -0.2) is 15.5 Å². The van der Waals surface area contributed by atoms with Crippen molar-refractivity contribution in [3.63, 3.8) is 0 Å². The molecule has 4 aromatic rings. The van der Waals surface area contributed by atoms with Crippen molar-refractivity contribution in [1.82, 2.24) is 15.4 Å². The minimum absolute atomic E-state index is 0. The first-order valence-electron chi connectivity index (χ1n) is 20.2. The summed E-state index contributed by atoms with van der Waals surface area (Å²) in [6, 6.07) is 32.2. The van der Waals surface area contributed by atoms with Crippen LogP contribution in [0, 0.1) is 0 Å². The van der Waals surface area contributed by atoms with Gasteiger partial charge in [0, 0.05) is 30.9 Å². The molecular weight excluding hydrogens is 707 g/mol. The molecule has 0 saturated heterocycles. The quantitative estimate of drug-likeness (QED) is 0.0799. The second-order valence-corrected chi connectivity index (χ2v) is 14.5. The first-order valence-corrected chi connectivity index (χ1v) is 20.2. The lowest BCUT2D eigenvalue weighted by Gasteiger charge is -2.22. The number of hydrogen-bond acceptors (Lipinski definition) is 6. The van der Waals surface area contributed by atoms with Crippen LogP contribution in [0.4, 0.5) is 11.4 Å². The Kier molecular flexibility index (Phi) is 26.8. The van der Waals surface area contributed by atoms with E-state index in [-0.39, 0.29) is 13.3 Å². The maximum atomic E-state index is 12.5. The molecule has 8 nitrogen and oxygen atoms in total. The molecule has 8 heteroatoms. The van der Waals surface area contributed by atoms with Gasteiger partial charge in [0.15, 0.2) is 5.84 Å². The molecule has 0 radical (unpaired) electrons. The van der Waals surface area contributed by atoms with Gasteiger partial charge in [0.05, 0.1) is 19.9 Å². The summed E-state index contributed by atoms with van der Waals surface area (Å²) in [5.41, 5.74) is 11.1. The van der Waals surface area contributed by atoms with E-state index in [9.17, 15) is 4.79 Å². The van der Waals surface area contributed by atoms with Gasteiger partial charge in [-0.15, -0.1) is 0 Å². The van der Waals surface area contributed by atoms with Crippen molar-refractivity contribution in [3.8, 4) is 0 Å². The second kappa shape index (κ2) is 29.0. The minimum atomic E-state index is -0.0504. The second-order valence-electron chi connectivity index (χ2n) is 14.5. The average molecular weight is 784 g/mol. The first-order chi connectivity index (χ1) is 26.7. The summed E-state index contributed by atoms with van der Waals surface area (Å²) in [6.45, 7) is 27.6. The number of nitrogens with one attached hydrogen (secondary N) is 2. The van der Waals surface area contributed by atoms with Crippen LogP contribution in [0.3, 0.4) is 0 Å². The first kappa shape index (κ1) is 52.7. The summed E-state index contributed by atoms with van der Waals surface area (Å²) >= 11 is 0. The van der Waals surface area contributed by atoms with E-state index in [1.807, 2.05) is 55.6 Å². The van der Waals surface area contributed by atoms with E-state index in [4.69, 9.17) is 9.83 Å². The van der Waals surface area contributed by atoms with Crippen molar-refractivity contribution in [3.05, 3.63) is 130 Å². The number of anilines is 1. The number of carbonyl (C=O) groups excluding carboxylic acids is 1. The molecular formula is C49H77N5O3. The molecule has 2 N–H and O–H groups in total. The molecule has 4 aromatic carbocycles. The van der Waals surface area contributed by atoms with Crippen LogP contribution < -0.4 is 10.8 Å². The Morgan fingerprint density at radius 2 is 0.982 bits per heavy atom. The molecule has 0 unspecified atom stereocenters. The SMILES string of the molecule is C.CC(C)c1cccc(C(C)C)c1NC(=O)c1ccccc1.CCN(CC)CC.CNOC.CON(C)C(=Nc1c(C(C)C)cccc1C(C)C)c1ccccc1. The third-order valence-corrected chi connectivity index (χ3v) is 9.36. The molecule has 0 aliphatic heterocycles. The Hall–Kier alpha value is -4.34. The maximum Gasteiger partial charge on any atom is 0.255 e. The average Bonchev–Trinajstić information content (AvgIpc) is 3.21. The highest BCUT2D eigenvalue weighted by atomic mass is 16.7. The van der Waals surface area contributed by atoms with Crippen LogP contribution in [-0.4, -0.2) is 69.7 Å². The molecule has 316 valence electrons. The van der Waals surface area contributed by atoms with E-state index >= 15 is 0 Å². The zero-order valence-corrected chi connectivity index (χ0v) is 37.2. The third kappa shape index (κ3) is 17.8. The fraction of sp³-hybridized carbons (Fsp3) is 0.469. The van der Waals surface area contributed by atoms with Gasteiger partial charge in [0.2, 0.25) is 0 Å². The molecule has 0 aromatic heterocycles. The monoisotopic (exact) mass is 784 g/mol. The Balaban J connectivity index is 0.000000865. The van der Waals surface area contributed by atoms with Gasteiger partial charge in [0.1, 0.15) is 0 Å². The zero-order chi connectivity index (χ0) is 42.2. The molecule has 0 spiro atoms. The van der Waals surface area contributed by atoms with Crippen LogP contribution >= 0.6 is 0 Å². The van der Waals surface area contributed by atoms with E-state index in [0.717, 1.165) is 22.8 Å². The van der Waals surface area contributed by atoms with Crippen LogP contribution in [0.5, 0.6) is 0 Å². The number of nitrogens with zero attached hydrogens (tertiary/aromatic N) is 3. The molecule has 1 amide bonds. The van der Waals surface area contributed by atoms with Crippen molar-refractivity contribution in [2.75, 3.05) is 53.3 Å². The van der Waals surface area contributed by atoms with E-state index < -0.39 is 0 Å². The Bertz CT molecular complexity index is 1620. The van der Waals surface area contributed by atoms with Gasteiger partial charge in [-0.2, -0.15) is 0 Å². The predicted molar refractivity (Wildman–Crippen MR) is 247 cm³/mol. The van der Waals surface area contributed by atoms with Gasteiger partial charge in [-0.05, 0) is 77.7 Å². The van der Waals surface area contributed by atoms with Crippen molar-refractivity contribution in [2.45, 2.75) is 107 Å². The van der Waals surface area contributed by atoms with Crippen LogP contribution in [0.25, 0.3) is 0 Å².